The number of ether oxygens (including phenoxy) is 1. The number of aromatic nitrogens is 1. The van der Waals surface area contributed by atoms with Gasteiger partial charge >= 0.3 is 0 Å². The summed E-state index contributed by atoms with van der Waals surface area (Å²) in [5.41, 5.74) is 3.06. The van der Waals surface area contributed by atoms with E-state index >= 15 is 0 Å². The van der Waals surface area contributed by atoms with E-state index in [0.717, 1.165) is 33.3 Å². The number of sulfonamides is 1. The van der Waals surface area contributed by atoms with Crippen molar-refractivity contribution in [1.29, 1.82) is 0 Å². The highest BCUT2D eigenvalue weighted by Crippen LogP contribution is 2.30. The summed E-state index contributed by atoms with van der Waals surface area (Å²) in [7, 11) is 1.31. The number of hydrogen-bond acceptors (Lipinski definition) is 5. The van der Waals surface area contributed by atoms with Crippen LogP contribution in [0, 0.1) is 0 Å². The minimum absolute atomic E-state index is 0.0611. The lowest BCUT2D eigenvalue weighted by Crippen LogP contribution is -2.30. The van der Waals surface area contributed by atoms with E-state index < -0.39 is 15.9 Å². The highest BCUT2D eigenvalue weighted by atomic mass is 32.2. The second-order valence-corrected chi connectivity index (χ2v) is 10.7. The molecule has 188 valence electrons. The number of nitrogens with one attached hydrogen (secondary N) is 1. The fourth-order valence-electron chi connectivity index (χ4n) is 4.52. The summed E-state index contributed by atoms with van der Waals surface area (Å²) in [6.45, 7) is 0.598. The van der Waals surface area contributed by atoms with Crippen LogP contribution >= 0.6 is 0 Å². The van der Waals surface area contributed by atoms with Gasteiger partial charge in [-0.15, -0.1) is 0 Å². The molecule has 0 atom stereocenters. The molecular weight excluding hydrogens is 486 g/mol. The van der Waals surface area contributed by atoms with E-state index in [-0.39, 0.29) is 10.5 Å². The molecule has 0 unspecified atom stereocenters. The van der Waals surface area contributed by atoms with E-state index in [1.165, 1.54) is 6.07 Å². The van der Waals surface area contributed by atoms with Gasteiger partial charge in [0.15, 0.2) is 0 Å². The molecule has 5 rings (SSSR count). The Labute approximate surface area is 215 Å². The highest BCUT2D eigenvalue weighted by molar-refractivity contribution is 7.90. The molecule has 0 saturated heterocycles. The van der Waals surface area contributed by atoms with Gasteiger partial charge in [0.25, 0.3) is 15.9 Å². The van der Waals surface area contributed by atoms with Crippen molar-refractivity contribution in [1.82, 2.24) is 9.29 Å². The fraction of sp³-hybridized carbons (Fsp3) is 0.138. The van der Waals surface area contributed by atoms with Gasteiger partial charge < -0.3 is 14.2 Å². The third-order valence-electron chi connectivity index (χ3n) is 6.41. The minimum atomic E-state index is -4.12. The minimum Gasteiger partial charge on any atom is -0.497 e. The average Bonchev–Trinajstić information content (AvgIpc) is 3.29. The topological polar surface area (TPSA) is 80.6 Å². The van der Waals surface area contributed by atoms with E-state index in [4.69, 9.17) is 4.74 Å². The van der Waals surface area contributed by atoms with E-state index in [1.54, 1.807) is 31.4 Å². The molecular formula is C29H27N3O4S. The largest absolute Gasteiger partial charge is 0.497 e. The van der Waals surface area contributed by atoms with Crippen LogP contribution in [0.15, 0.2) is 96.0 Å². The molecule has 4 aromatic carbocycles. The maximum Gasteiger partial charge on any atom is 0.265 e. The molecule has 1 N–H and O–H groups in total. The van der Waals surface area contributed by atoms with Crippen LogP contribution in [0.3, 0.4) is 0 Å². The number of amides is 1. The monoisotopic (exact) mass is 513 g/mol. The highest BCUT2D eigenvalue weighted by Gasteiger charge is 2.22. The smallest absolute Gasteiger partial charge is 0.265 e. The fourth-order valence-corrected chi connectivity index (χ4v) is 5.71. The molecule has 8 heteroatoms. The third-order valence-corrected chi connectivity index (χ3v) is 7.79. The summed E-state index contributed by atoms with van der Waals surface area (Å²) in [4.78, 5) is 15.1. The molecule has 1 amide bonds. The van der Waals surface area contributed by atoms with Crippen molar-refractivity contribution in [2.75, 3.05) is 26.1 Å². The zero-order valence-electron chi connectivity index (χ0n) is 20.8. The lowest BCUT2D eigenvalue weighted by Gasteiger charge is -2.17. The first kappa shape index (κ1) is 24.4. The molecule has 0 spiro atoms. The van der Waals surface area contributed by atoms with Crippen molar-refractivity contribution in [3.8, 4) is 5.75 Å². The van der Waals surface area contributed by atoms with Gasteiger partial charge in [-0.3, -0.25) is 4.79 Å². The van der Waals surface area contributed by atoms with Crippen LogP contribution in [0.2, 0.25) is 0 Å². The predicted octanol–water partition coefficient (Wildman–Crippen LogP) is 5.04. The SMILES string of the molecule is COc1ccc(Cn2ccc3ccc(C(=O)NS(=O)(=O)c4cccc5c(N(C)C)cccc45)cc32)cc1. The number of rotatable bonds is 7. The molecule has 37 heavy (non-hydrogen) atoms. The molecule has 0 bridgehead atoms. The number of carbonyl (C=O) groups excluding carboxylic acids is 1. The van der Waals surface area contributed by atoms with E-state index in [9.17, 15) is 13.2 Å². The van der Waals surface area contributed by atoms with Gasteiger partial charge in [-0.05, 0) is 53.4 Å². The van der Waals surface area contributed by atoms with Crippen molar-refractivity contribution >= 4 is 43.3 Å². The molecule has 1 aromatic heterocycles. The first-order valence-corrected chi connectivity index (χ1v) is 13.2. The van der Waals surface area contributed by atoms with Crippen molar-refractivity contribution in [2.24, 2.45) is 0 Å². The molecule has 0 fully saturated rings. The summed E-state index contributed by atoms with van der Waals surface area (Å²) in [6.07, 6.45) is 1.95. The Morgan fingerprint density at radius 2 is 1.65 bits per heavy atom. The molecule has 0 saturated carbocycles. The quantitative estimate of drug-likeness (QED) is 0.330. The predicted molar refractivity (Wildman–Crippen MR) is 147 cm³/mol. The van der Waals surface area contributed by atoms with Crippen LogP contribution in [0.25, 0.3) is 21.7 Å². The summed E-state index contributed by atoms with van der Waals surface area (Å²) >= 11 is 0. The van der Waals surface area contributed by atoms with Gasteiger partial charge in [-0.1, -0.05) is 42.5 Å². The van der Waals surface area contributed by atoms with E-state index in [1.807, 2.05) is 84.4 Å². The van der Waals surface area contributed by atoms with Crippen LogP contribution in [-0.4, -0.2) is 40.1 Å². The number of fused-ring (bicyclic) bond motifs is 2. The van der Waals surface area contributed by atoms with Crippen molar-refractivity contribution < 1.29 is 17.9 Å². The van der Waals surface area contributed by atoms with Gasteiger partial charge in [0.1, 0.15) is 5.75 Å². The van der Waals surface area contributed by atoms with Gasteiger partial charge in [-0.25, -0.2) is 13.1 Å². The Kier molecular flexibility index (Phi) is 6.35. The molecule has 0 radical (unpaired) electrons. The zero-order chi connectivity index (χ0) is 26.2. The Balaban J connectivity index is 1.44. The van der Waals surface area contributed by atoms with Crippen LogP contribution in [0.4, 0.5) is 5.69 Å². The molecule has 1 heterocycles. The molecule has 0 aliphatic rings. The Morgan fingerprint density at radius 3 is 2.38 bits per heavy atom. The standard InChI is InChI=1S/C29H27N3O4S/c1-31(2)26-8-4-7-25-24(26)6-5-9-28(25)37(34,35)30-29(33)22-13-12-21-16-17-32(27(21)18-22)19-20-10-14-23(36-3)15-11-20/h4-18H,19H2,1-3H3,(H,30,33). The summed E-state index contributed by atoms with van der Waals surface area (Å²) in [5.74, 6) is 0.102. The van der Waals surface area contributed by atoms with Gasteiger partial charge in [0.05, 0.1) is 12.0 Å². The number of nitrogens with zero attached hydrogens (tertiary/aromatic N) is 2. The van der Waals surface area contributed by atoms with Gasteiger partial charge in [0.2, 0.25) is 0 Å². The Hall–Kier alpha value is -4.30. The zero-order valence-corrected chi connectivity index (χ0v) is 21.6. The Bertz CT molecular complexity index is 1720. The first-order valence-electron chi connectivity index (χ1n) is 11.7. The number of benzene rings is 4. The average molecular weight is 514 g/mol. The number of anilines is 1. The lowest BCUT2D eigenvalue weighted by molar-refractivity contribution is 0.0981. The van der Waals surface area contributed by atoms with E-state index in [2.05, 4.69) is 4.72 Å². The second-order valence-electron chi connectivity index (χ2n) is 9.02. The number of carbonyl (C=O) groups is 1. The molecule has 5 aromatic rings. The van der Waals surface area contributed by atoms with Crippen molar-refractivity contribution in [2.45, 2.75) is 11.4 Å². The Morgan fingerprint density at radius 1 is 0.919 bits per heavy atom. The van der Waals surface area contributed by atoms with Crippen LogP contribution in [0.1, 0.15) is 15.9 Å². The molecule has 0 aliphatic heterocycles. The maximum atomic E-state index is 13.3. The normalized spacial score (nSPS) is 11.5. The second kappa shape index (κ2) is 9.63. The first-order chi connectivity index (χ1) is 17.8. The van der Waals surface area contributed by atoms with Gasteiger partial charge in [0, 0.05) is 54.4 Å². The maximum absolute atomic E-state index is 13.3. The van der Waals surface area contributed by atoms with Crippen LogP contribution < -0.4 is 14.4 Å². The third kappa shape index (κ3) is 4.75. The van der Waals surface area contributed by atoms with Crippen molar-refractivity contribution in [3.63, 3.8) is 0 Å². The van der Waals surface area contributed by atoms with E-state index in [0.29, 0.717) is 11.9 Å². The number of hydrogen-bond donors (Lipinski definition) is 1. The number of methoxy groups -OCH3 is 1. The van der Waals surface area contributed by atoms with Crippen molar-refractivity contribution in [3.05, 3.63) is 102 Å². The van der Waals surface area contributed by atoms with Gasteiger partial charge in [-0.2, -0.15) is 0 Å². The summed E-state index contributed by atoms with van der Waals surface area (Å²) in [6, 6.07) is 25.5. The summed E-state index contributed by atoms with van der Waals surface area (Å²) < 4.78 is 36.2. The summed E-state index contributed by atoms with van der Waals surface area (Å²) in [5, 5.41) is 2.30. The van der Waals surface area contributed by atoms with Crippen LogP contribution in [-0.2, 0) is 16.6 Å². The molecule has 0 aliphatic carbocycles. The van der Waals surface area contributed by atoms with Crippen LogP contribution in [0.5, 0.6) is 5.75 Å². The lowest BCUT2D eigenvalue weighted by atomic mass is 10.1. The molecule has 7 nitrogen and oxygen atoms in total.